The lowest BCUT2D eigenvalue weighted by Crippen LogP contribution is -2.49. The number of likely N-dealkylation sites (tertiary alicyclic amines) is 2. The molecule has 0 aliphatic carbocycles. The molecule has 2 heterocycles. The third kappa shape index (κ3) is 3.72. The molecule has 7 heteroatoms. The maximum atomic E-state index is 12.4. The molecule has 2 aliphatic heterocycles. The van der Waals surface area contributed by atoms with Gasteiger partial charge in [0.15, 0.2) is 0 Å². The molecule has 118 valence electrons. The van der Waals surface area contributed by atoms with Gasteiger partial charge >= 0.3 is 5.97 Å². The highest BCUT2D eigenvalue weighted by Gasteiger charge is 2.34. The third-order valence-electron chi connectivity index (χ3n) is 4.35. The Morgan fingerprint density at radius 2 is 1.90 bits per heavy atom. The van der Waals surface area contributed by atoms with E-state index in [9.17, 15) is 14.4 Å². The van der Waals surface area contributed by atoms with E-state index >= 15 is 0 Å². The van der Waals surface area contributed by atoms with E-state index in [0.29, 0.717) is 13.1 Å². The largest absolute Gasteiger partial charge is 0.468 e. The quantitative estimate of drug-likeness (QED) is 0.696. The molecule has 2 unspecified atom stereocenters. The van der Waals surface area contributed by atoms with E-state index in [0.717, 1.165) is 32.2 Å². The minimum Gasteiger partial charge on any atom is -0.468 e. The van der Waals surface area contributed by atoms with Gasteiger partial charge in [0.1, 0.15) is 6.04 Å². The van der Waals surface area contributed by atoms with Gasteiger partial charge in [-0.1, -0.05) is 0 Å². The summed E-state index contributed by atoms with van der Waals surface area (Å²) in [4.78, 5) is 38.8. The molecule has 0 aromatic heterocycles. The zero-order valence-electron chi connectivity index (χ0n) is 12.4. The van der Waals surface area contributed by atoms with Gasteiger partial charge in [-0.05, 0) is 32.2 Å². The lowest BCUT2D eigenvalue weighted by Gasteiger charge is -2.33. The SMILES string of the molecule is COC(=O)C1CCCN1CC(=O)N1CCCC(C(N)=O)C1. The predicted octanol–water partition coefficient (Wildman–Crippen LogP) is -0.652. The first-order valence-corrected chi connectivity index (χ1v) is 7.42. The molecule has 7 nitrogen and oxygen atoms in total. The molecule has 2 fully saturated rings. The summed E-state index contributed by atoms with van der Waals surface area (Å²) in [6.45, 7) is 1.97. The van der Waals surface area contributed by atoms with Crippen LogP contribution in [0.2, 0.25) is 0 Å². The molecule has 21 heavy (non-hydrogen) atoms. The fourth-order valence-electron chi connectivity index (χ4n) is 3.13. The molecule has 2 atom stereocenters. The number of nitrogens with two attached hydrogens (primary N) is 1. The van der Waals surface area contributed by atoms with Gasteiger partial charge in [0.25, 0.3) is 0 Å². The van der Waals surface area contributed by atoms with Crippen LogP contribution in [0.4, 0.5) is 0 Å². The maximum absolute atomic E-state index is 12.4. The molecule has 0 bridgehead atoms. The molecule has 0 aromatic carbocycles. The molecule has 2 amide bonds. The predicted molar refractivity (Wildman–Crippen MR) is 75.1 cm³/mol. The Labute approximate surface area is 124 Å². The van der Waals surface area contributed by atoms with Crippen LogP contribution in [0.25, 0.3) is 0 Å². The summed E-state index contributed by atoms with van der Waals surface area (Å²) in [5, 5.41) is 0. The summed E-state index contributed by atoms with van der Waals surface area (Å²) in [6, 6.07) is -0.323. The van der Waals surface area contributed by atoms with Crippen molar-refractivity contribution in [2.75, 3.05) is 33.3 Å². The molecular formula is C14H23N3O4. The standard InChI is InChI=1S/C14H23N3O4/c1-21-14(20)11-5-3-6-16(11)9-12(18)17-7-2-4-10(8-17)13(15)19/h10-11H,2-9H2,1H3,(H2,15,19). The molecule has 0 saturated carbocycles. The number of ether oxygens (including phenoxy) is 1. The number of nitrogens with zero attached hydrogens (tertiary/aromatic N) is 2. The van der Waals surface area contributed by atoms with Gasteiger partial charge in [0, 0.05) is 13.1 Å². The van der Waals surface area contributed by atoms with Crippen molar-refractivity contribution in [1.82, 2.24) is 9.80 Å². The summed E-state index contributed by atoms with van der Waals surface area (Å²) in [5.74, 6) is -0.926. The monoisotopic (exact) mass is 297 g/mol. The molecule has 2 N–H and O–H groups in total. The number of hydrogen-bond acceptors (Lipinski definition) is 5. The second-order valence-corrected chi connectivity index (χ2v) is 5.73. The van der Waals surface area contributed by atoms with Crippen molar-refractivity contribution in [3.63, 3.8) is 0 Å². The van der Waals surface area contributed by atoms with Gasteiger partial charge in [-0.3, -0.25) is 19.3 Å². The van der Waals surface area contributed by atoms with Crippen molar-refractivity contribution in [3.05, 3.63) is 0 Å². The van der Waals surface area contributed by atoms with Crippen LogP contribution in [-0.4, -0.2) is 66.9 Å². The smallest absolute Gasteiger partial charge is 0.323 e. The number of carbonyl (C=O) groups excluding carboxylic acids is 3. The van der Waals surface area contributed by atoms with Crippen LogP contribution in [0, 0.1) is 5.92 Å². The van der Waals surface area contributed by atoms with Crippen LogP contribution in [0.15, 0.2) is 0 Å². The van der Waals surface area contributed by atoms with E-state index in [1.165, 1.54) is 7.11 Å². The van der Waals surface area contributed by atoms with Crippen LogP contribution in [0.1, 0.15) is 25.7 Å². The number of esters is 1. The second-order valence-electron chi connectivity index (χ2n) is 5.73. The zero-order valence-corrected chi connectivity index (χ0v) is 12.4. The van der Waals surface area contributed by atoms with Gasteiger partial charge in [-0.15, -0.1) is 0 Å². The molecule has 2 rings (SSSR count). The molecule has 0 radical (unpaired) electrons. The van der Waals surface area contributed by atoms with Gasteiger partial charge in [-0.2, -0.15) is 0 Å². The van der Waals surface area contributed by atoms with Crippen molar-refractivity contribution in [2.24, 2.45) is 11.7 Å². The minimum absolute atomic E-state index is 0.0447. The minimum atomic E-state index is -0.346. The van der Waals surface area contributed by atoms with Gasteiger partial charge in [-0.25, -0.2) is 0 Å². The fourth-order valence-corrected chi connectivity index (χ4v) is 3.13. The number of rotatable bonds is 4. The molecule has 0 spiro atoms. The normalized spacial score (nSPS) is 26.6. The summed E-state index contributed by atoms with van der Waals surface area (Å²) in [6.07, 6.45) is 3.15. The first-order valence-electron chi connectivity index (χ1n) is 7.42. The number of carbonyl (C=O) groups is 3. The van der Waals surface area contributed by atoms with E-state index in [1.807, 2.05) is 4.90 Å². The average molecular weight is 297 g/mol. The molecule has 2 aliphatic rings. The van der Waals surface area contributed by atoms with Crippen LogP contribution < -0.4 is 5.73 Å². The highest BCUT2D eigenvalue weighted by Crippen LogP contribution is 2.20. The summed E-state index contributed by atoms with van der Waals surface area (Å²) in [5.41, 5.74) is 5.32. The van der Waals surface area contributed by atoms with Crippen molar-refractivity contribution in [1.29, 1.82) is 0 Å². The van der Waals surface area contributed by atoms with E-state index in [1.54, 1.807) is 4.90 Å². The Bertz CT molecular complexity index is 426. The van der Waals surface area contributed by atoms with Crippen LogP contribution in [0.5, 0.6) is 0 Å². The number of primary amides is 1. The van der Waals surface area contributed by atoms with E-state index in [-0.39, 0.29) is 36.3 Å². The van der Waals surface area contributed by atoms with Gasteiger partial charge < -0.3 is 15.4 Å². The Kier molecular flexibility index (Phi) is 5.17. The van der Waals surface area contributed by atoms with Crippen LogP contribution in [0.3, 0.4) is 0 Å². The number of amides is 2. The summed E-state index contributed by atoms with van der Waals surface area (Å²) >= 11 is 0. The summed E-state index contributed by atoms with van der Waals surface area (Å²) < 4.78 is 4.77. The molecule has 0 aromatic rings. The third-order valence-corrected chi connectivity index (χ3v) is 4.35. The van der Waals surface area contributed by atoms with Crippen molar-refractivity contribution in [3.8, 4) is 0 Å². The number of piperidine rings is 1. The van der Waals surface area contributed by atoms with Gasteiger partial charge in [0.05, 0.1) is 19.6 Å². The van der Waals surface area contributed by atoms with Gasteiger partial charge in [0.2, 0.25) is 11.8 Å². The zero-order chi connectivity index (χ0) is 15.4. The number of methoxy groups -OCH3 is 1. The van der Waals surface area contributed by atoms with E-state index in [4.69, 9.17) is 10.5 Å². The maximum Gasteiger partial charge on any atom is 0.323 e. The first kappa shape index (κ1) is 15.8. The summed E-state index contributed by atoms with van der Waals surface area (Å²) in [7, 11) is 1.36. The topological polar surface area (TPSA) is 92.9 Å². The molecule has 2 saturated heterocycles. The Morgan fingerprint density at radius 1 is 1.19 bits per heavy atom. The average Bonchev–Trinajstić information content (AvgIpc) is 2.94. The lowest BCUT2D eigenvalue weighted by atomic mass is 9.97. The highest BCUT2D eigenvalue weighted by molar-refractivity contribution is 5.82. The van der Waals surface area contributed by atoms with Crippen molar-refractivity contribution in [2.45, 2.75) is 31.7 Å². The van der Waals surface area contributed by atoms with Crippen LogP contribution >= 0.6 is 0 Å². The fraction of sp³-hybridized carbons (Fsp3) is 0.786. The Balaban J connectivity index is 1.91. The van der Waals surface area contributed by atoms with Crippen molar-refractivity contribution < 1.29 is 19.1 Å². The molecular weight excluding hydrogens is 274 g/mol. The van der Waals surface area contributed by atoms with Crippen molar-refractivity contribution >= 4 is 17.8 Å². The lowest BCUT2D eigenvalue weighted by molar-refractivity contribution is -0.147. The van der Waals surface area contributed by atoms with E-state index in [2.05, 4.69) is 0 Å². The Morgan fingerprint density at radius 3 is 2.57 bits per heavy atom. The van der Waals surface area contributed by atoms with Crippen LogP contribution in [-0.2, 0) is 19.1 Å². The number of hydrogen-bond donors (Lipinski definition) is 1. The highest BCUT2D eigenvalue weighted by atomic mass is 16.5. The first-order chi connectivity index (χ1) is 10.0. The van der Waals surface area contributed by atoms with E-state index < -0.39 is 0 Å². The second kappa shape index (κ2) is 6.89. The Hall–Kier alpha value is -1.63.